The molecule has 0 spiro atoms. The van der Waals surface area contributed by atoms with Crippen molar-refractivity contribution < 1.29 is 4.79 Å². The SMILES string of the molecule is Cc1cc(C)nc(Nc2cc(C3CCN(C(=O)C(C)(C)CCl)CC3)ccn2)n1. The lowest BCUT2D eigenvalue weighted by molar-refractivity contribution is -0.140. The predicted molar refractivity (Wildman–Crippen MR) is 112 cm³/mol. The third kappa shape index (κ3) is 4.79. The van der Waals surface area contributed by atoms with Crippen LogP contribution in [0.15, 0.2) is 24.4 Å². The molecule has 150 valence electrons. The van der Waals surface area contributed by atoms with E-state index in [4.69, 9.17) is 11.6 Å². The van der Waals surface area contributed by atoms with Crippen LogP contribution in [-0.2, 0) is 4.79 Å². The zero-order chi connectivity index (χ0) is 20.3. The molecule has 7 heteroatoms. The molecule has 1 aliphatic rings. The van der Waals surface area contributed by atoms with Crippen LogP contribution in [0.3, 0.4) is 0 Å². The second kappa shape index (κ2) is 8.43. The van der Waals surface area contributed by atoms with E-state index in [0.29, 0.717) is 17.7 Å². The Bertz CT molecular complexity index is 826. The number of amides is 1. The van der Waals surface area contributed by atoms with E-state index in [2.05, 4.69) is 32.4 Å². The third-order valence-electron chi connectivity index (χ3n) is 5.17. The first-order chi connectivity index (χ1) is 13.3. The smallest absolute Gasteiger partial charge is 0.229 e. The summed E-state index contributed by atoms with van der Waals surface area (Å²) in [6, 6.07) is 6.06. The van der Waals surface area contributed by atoms with E-state index in [-0.39, 0.29) is 5.91 Å². The summed E-state index contributed by atoms with van der Waals surface area (Å²) in [6.45, 7) is 9.23. The van der Waals surface area contributed by atoms with Gasteiger partial charge in [-0.2, -0.15) is 0 Å². The van der Waals surface area contributed by atoms with Crippen LogP contribution in [0.4, 0.5) is 11.8 Å². The van der Waals surface area contributed by atoms with Gasteiger partial charge in [0.05, 0.1) is 5.41 Å². The van der Waals surface area contributed by atoms with Crippen molar-refractivity contribution in [2.45, 2.75) is 46.5 Å². The van der Waals surface area contributed by atoms with E-state index in [1.807, 2.05) is 44.9 Å². The highest BCUT2D eigenvalue weighted by molar-refractivity contribution is 6.19. The van der Waals surface area contributed by atoms with Gasteiger partial charge in [0.25, 0.3) is 0 Å². The Balaban J connectivity index is 1.66. The molecule has 6 nitrogen and oxygen atoms in total. The predicted octanol–water partition coefficient (Wildman–Crippen LogP) is 4.20. The van der Waals surface area contributed by atoms with Gasteiger partial charge < -0.3 is 10.2 Å². The lowest BCUT2D eigenvalue weighted by Crippen LogP contribution is -2.45. The number of aryl methyl sites for hydroxylation is 2. The number of halogens is 1. The first kappa shape index (κ1) is 20.5. The molecule has 0 aliphatic carbocycles. The molecule has 0 atom stereocenters. The quantitative estimate of drug-likeness (QED) is 0.760. The van der Waals surface area contributed by atoms with Crippen LogP contribution in [-0.4, -0.2) is 44.7 Å². The number of rotatable bonds is 5. The Morgan fingerprint density at radius 3 is 2.46 bits per heavy atom. The minimum absolute atomic E-state index is 0.144. The van der Waals surface area contributed by atoms with Crippen LogP contribution in [0.2, 0.25) is 0 Å². The van der Waals surface area contributed by atoms with Crippen molar-refractivity contribution in [3.05, 3.63) is 41.3 Å². The van der Waals surface area contributed by atoms with Crippen molar-refractivity contribution in [2.24, 2.45) is 5.41 Å². The first-order valence-corrected chi connectivity index (χ1v) is 10.2. The summed E-state index contributed by atoms with van der Waals surface area (Å²) in [7, 11) is 0. The minimum Gasteiger partial charge on any atom is -0.342 e. The molecule has 1 saturated heterocycles. The van der Waals surface area contributed by atoms with Gasteiger partial charge in [-0.05, 0) is 70.2 Å². The monoisotopic (exact) mass is 401 g/mol. The van der Waals surface area contributed by atoms with Gasteiger partial charge in [-0.1, -0.05) is 0 Å². The molecule has 1 aliphatic heterocycles. The number of anilines is 2. The van der Waals surface area contributed by atoms with Crippen molar-refractivity contribution in [1.82, 2.24) is 19.9 Å². The maximum atomic E-state index is 12.6. The summed E-state index contributed by atoms with van der Waals surface area (Å²) in [6.07, 6.45) is 3.69. The van der Waals surface area contributed by atoms with Gasteiger partial charge in [0, 0.05) is 36.6 Å². The molecular weight excluding hydrogens is 374 g/mol. The number of pyridine rings is 1. The summed E-state index contributed by atoms with van der Waals surface area (Å²) >= 11 is 5.96. The average molecular weight is 402 g/mol. The van der Waals surface area contributed by atoms with Crippen molar-refractivity contribution in [3.63, 3.8) is 0 Å². The molecule has 0 aromatic carbocycles. The van der Waals surface area contributed by atoms with Gasteiger partial charge in [0.1, 0.15) is 5.82 Å². The van der Waals surface area contributed by atoms with E-state index >= 15 is 0 Å². The van der Waals surface area contributed by atoms with Crippen LogP contribution in [0.5, 0.6) is 0 Å². The van der Waals surface area contributed by atoms with Gasteiger partial charge in [0.2, 0.25) is 11.9 Å². The Morgan fingerprint density at radius 1 is 1.21 bits per heavy atom. The molecule has 1 fully saturated rings. The average Bonchev–Trinajstić information content (AvgIpc) is 2.67. The number of nitrogens with one attached hydrogen (secondary N) is 1. The fourth-order valence-corrected chi connectivity index (χ4v) is 3.68. The molecule has 0 saturated carbocycles. The Labute approximate surface area is 171 Å². The van der Waals surface area contributed by atoms with Crippen LogP contribution in [0.1, 0.15) is 49.6 Å². The Kier molecular flexibility index (Phi) is 6.18. The molecule has 3 heterocycles. The molecule has 0 bridgehead atoms. The number of nitrogens with zero attached hydrogens (tertiary/aromatic N) is 4. The second-order valence-corrected chi connectivity index (χ2v) is 8.42. The fraction of sp³-hybridized carbons (Fsp3) is 0.524. The summed E-state index contributed by atoms with van der Waals surface area (Å²) in [5, 5.41) is 3.21. The highest BCUT2D eigenvalue weighted by Crippen LogP contribution is 2.31. The lowest BCUT2D eigenvalue weighted by atomic mass is 9.87. The van der Waals surface area contributed by atoms with E-state index < -0.39 is 5.41 Å². The molecule has 2 aromatic rings. The van der Waals surface area contributed by atoms with Crippen molar-refractivity contribution in [2.75, 3.05) is 24.3 Å². The number of hydrogen-bond donors (Lipinski definition) is 1. The first-order valence-electron chi connectivity index (χ1n) is 9.69. The van der Waals surface area contributed by atoms with Crippen LogP contribution in [0, 0.1) is 19.3 Å². The normalized spacial score (nSPS) is 15.5. The van der Waals surface area contributed by atoms with Crippen LogP contribution < -0.4 is 5.32 Å². The number of alkyl halides is 1. The number of carbonyl (C=O) groups is 1. The highest BCUT2D eigenvalue weighted by atomic mass is 35.5. The zero-order valence-electron chi connectivity index (χ0n) is 17.0. The van der Waals surface area contributed by atoms with Gasteiger partial charge in [0.15, 0.2) is 0 Å². The van der Waals surface area contributed by atoms with E-state index in [1.54, 1.807) is 0 Å². The molecule has 1 N–H and O–H groups in total. The number of aromatic nitrogens is 3. The highest BCUT2D eigenvalue weighted by Gasteiger charge is 2.33. The van der Waals surface area contributed by atoms with Crippen molar-refractivity contribution in [3.8, 4) is 0 Å². The van der Waals surface area contributed by atoms with Gasteiger partial charge in [-0.25, -0.2) is 15.0 Å². The van der Waals surface area contributed by atoms with E-state index in [1.165, 1.54) is 5.56 Å². The van der Waals surface area contributed by atoms with E-state index in [0.717, 1.165) is 43.1 Å². The van der Waals surface area contributed by atoms with Crippen molar-refractivity contribution in [1.29, 1.82) is 0 Å². The maximum absolute atomic E-state index is 12.6. The van der Waals surface area contributed by atoms with Crippen LogP contribution >= 0.6 is 11.6 Å². The number of carbonyl (C=O) groups excluding carboxylic acids is 1. The Hall–Kier alpha value is -2.21. The Morgan fingerprint density at radius 2 is 1.86 bits per heavy atom. The summed E-state index contributed by atoms with van der Waals surface area (Å²) < 4.78 is 0. The van der Waals surface area contributed by atoms with Gasteiger partial charge >= 0.3 is 0 Å². The number of likely N-dealkylation sites (tertiary alicyclic amines) is 1. The van der Waals surface area contributed by atoms with Gasteiger partial charge in [-0.3, -0.25) is 4.79 Å². The molecule has 2 aromatic heterocycles. The topological polar surface area (TPSA) is 71.0 Å². The molecule has 0 unspecified atom stereocenters. The van der Waals surface area contributed by atoms with E-state index in [9.17, 15) is 4.79 Å². The van der Waals surface area contributed by atoms with Crippen LogP contribution in [0.25, 0.3) is 0 Å². The summed E-state index contributed by atoms with van der Waals surface area (Å²) in [5.41, 5.74) is 2.56. The molecule has 28 heavy (non-hydrogen) atoms. The van der Waals surface area contributed by atoms with Crippen molar-refractivity contribution >= 4 is 29.3 Å². The molecule has 3 rings (SSSR count). The summed E-state index contributed by atoms with van der Waals surface area (Å²) in [5.74, 6) is 2.19. The lowest BCUT2D eigenvalue weighted by Gasteiger charge is -2.36. The standard InChI is InChI=1S/C21H28ClN5O/c1-14-11-15(2)25-20(24-14)26-18-12-17(5-8-23-18)16-6-9-27(10-7-16)19(28)21(3,4)13-22/h5,8,11-12,16H,6-7,9-10,13H2,1-4H3,(H,23,24,25,26). The molecule has 1 amide bonds. The maximum Gasteiger partial charge on any atom is 0.229 e. The zero-order valence-corrected chi connectivity index (χ0v) is 17.8. The second-order valence-electron chi connectivity index (χ2n) is 8.16. The summed E-state index contributed by atoms with van der Waals surface area (Å²) in [4.78, 5) is 27.8. The molecular formula is C21H28ClN5O. The minimum atomic E-state index is -0.506. The fourth-order valence-electron chi connectivity index (χ4n) is 3.57. The third-order valence-corrected chi connectivity index (χ3v) is 5.84. The molecule has 0 radical (unpaired) electrons. The number of piperidine rings is 1. The largest absolute Gasteiger partial charge is 0.342 e. The number of hydrogen-bond acceptors (Lipinski definition) is 5. The van der Waals surface area contributed by atoms with Gasteiger partial charge in [-0.15, -0.1) is 11.6 Å².